The maximum atomic E-state index is 12.1. The molecule has 20 heavy (non-hydrogen) atoms. The van der Waals surface area contributed by atoms with Gasteiger partial charge >= 0.3 is 6.03 Å². The van der Waals surface area contributed by atoms with Gasteiger partial charge in [-0.15, -0.1) is 11.3 Å². The number of amides is 2. The molecule has 0 bridgehead atoms. The third kappa shape index (κ3) is 3.74. The first-order valence-corrected chi connectivity index (χ1v) is 7.34. The maximum Gasteiger partial charge on any atom is 0.317 e. The molecule has 0 aliphatic rings. The van der Waals surface area contributed by atoms with Gasteiger partial charge in [0.25, 0.3) is 0 Å². The number of thiophene rings is 1. The molecule has 0 aliphatic carbocycles. The summed E-state index contributed by atoms with van der Waals surface area (Å²) in [6, 6.07) is 5.31. The number of aryl methyl sites for hydroxylation is 1. The van der Waals surface area contributed by atoms with E-state index < -0.39 is 0 Å². The van der Waals surface area contributed by atoms with Crippen LogP contribution >= 0.6 is 22.9 Å². The molecule has 1 atom stereocenters. The van der Waals surface area contributed by atoms with Crippen LogP contribution < -0.4 is 5.32 Å². The molecule has 2 aromatic rings. The van der Waals surface area contributed by atoms with E-state index in [0.717, 1.165) is 16.3 Å². The summed E-state index contributed by atoms with van der Waals surface area (Å²) in [4.78, 5) is 14.7. The standard InChI is InChI=1S/C13H16ClN3O2S/c1-8-6-10(16-19-8)7-17(3)13(18)15-9(2)11-4-5-12(14)20-11/h4-6,9H,7H2,1-3H3,(H,15,18)/t9-/m1/s1. The summed E-state index contributed by atoms with van der Waals surface area (Å²) in [6.07, 6.45) is 0. The SMILES string of the molecule is Cc1cc(CN(C)C(=O)N[C@H](C)c2ccc(Cl)s2)no1. The maximum absolute atomic E-state index is 12.1. The van der Waals surface area contributed by atoms with Crippen LogP contribution in [0.5, 0.6) is 0 Å². The molecule has 0 spiro atoms. The monoisotopic (exact) mass is 313 g/mol. The first-order valence-electron chi connectivity index (χ1n) is 6.14. The van der Waals surface area contributed by atoms with E-state index in [1.807, 2.05) is 32.0 Å². The van der Waals surface area contributed by atoms with E-state index in [-0.39, 0.29) is 12.1 Å². The summed E-state index contributed by atoms with van der Waals surface area (Å²) < 4.78 is 5.69. The molecule has 0 aromatic carbocycles. The topological polar surface area (TPSA) is 58.4 Å². The predicted octanol–water partition coefficient (Wildman–Crippen LogP) is 3.60. The van der Waals surface area contributed by atoms with Crippen molar-refractivity contribution in [2.24, 2.45) is 0 Å². The number of nitrogens with one attached hydrogen (secondary N) is 1. The fraction of sp³-hybridized carbons (Fsp3) is 0.385. The molecule has 2 amide bonds. The number of hydrogen-bond acceptors (Lipinski definition) is 4. The summed E-state index contributed by atoms with van der Waals surface area (Å²) in [7, 11) is 1.72. The number of halogens is 1. The fourth-order valence-electron chi connectivity index (χ4n) is 1.73. The molecule has 0 aliphatic heterocycles. The van der Waals surface area contributed by atoms with Gasteiger partial charge in [-0.1, -0.05) is 16.8 Å². The van der Waals surface area contributed by atoms with Gasteiger partial charge < -0.3 is 14.7 Å². The van der Waals surface area contributed by atoms with Crippen LogP contribution in [-0.4, -0.2) is 23.1 Å². The smallest absolute Gasteiger partial charge is 0.317 e. The molecule has 7 heteroatoms. The van der Waals surface area contributed by atoms with Gasteiger partial charge in [0, 0.05) is 18.0 Å². The summed E-state index contributed by atoms with van der Waals surface area (Å²) in [5, 5.41) is 6.78. The number of hydrogen-bond donors (Lipinski definition) is 1. The van der Waals surface area contributed by atoms with Crippen LogP contribution in [0.1, 0.15) is 29.3 Å². The number of aromatic nitrogens is 1. The summed E-state index contributed by atoms with van der Waals surface area (Å²) >= 11 is 7.35. The molecule has 2 rings (SSSR count). The summed E-state index contributed by atoms with van der Waals surface area (Å²) in [6.45, 7) is 4.15. The molecular formula is C13H16ClN3O2S. The molecule has 0 radical (unpaired) electrons. The van der Waals surface area contributed by atoms with E-state index in [9.17, 15) is 4.79 Å². The lowest BCUT2D eigenvalue weighted by Crippen LogP contribution is -2.38. The highest BCUT2D eigenvalue weighted by molar-refractivity contribution is 7.16. The van der Waals surface area contributed by atoms with Crippen molar-refractivity contribution in [3.05, 3.63) is 38.9 Å². The lowest BCUT2D eigenvalue weighted by Gasteiger charge is -2.19. The van der Waals surface area contributed by atoms with Crippen molar-refractivity contribution in [2.75, 3.05) is 7.05 Å². The number of carbonyl (C=O) groups excluding carboxylic acids is 1. The minimum absolute atomic E-state index is 0.0819. The van der Waals surface area contributed by atoms with Gasteiger partial charge in [-0.25, -0.2) is 4.79 Å². The normalized spacial score (nSPS) is 12.2. The Morgan fingerprint density at radius 1 is 1.60 bits per heavy atom. The van der Waals surface area contributed by atoms with Gasteiger partial charge in [0.2, 0.25) is 0 Å². The molecule has 2 aromatic heterocycles. The number of rotatable bonds is 4. The Morgan fingerprint density at radius 3 is 2.90 bits per heavy atom. The van der Waals surface area contributed by atoms with Crippen molar-refractivity contribution in [3.63, 3.8) is 0 Å². The average Bonchev–Trinajstić information content (AvgIpc) is 2.98. The second-order valence-corrected chi connectivity index (χ2v) is 6.34. The highest BCUT2D eigenvalue weighted by Crippen LogP contribution is 2.26. The van der Waals surface area contributed by atoms with Crippen molar-refractivity contribution in [1.29, 1.82) is 0 Å². The quantitative estimate of drug-likeness (QED) is 0.938. The lowest BCUT2D eigenvalue weighted by molar-refractivity contribution is 0.202. The Hall–Kier alpha value is -1.53. The Balaban J connectivity index is 1.90. The third-order valence-electron chi connectivity index (χ3n) is 2.78. The van der Waals surface area contributed by atoms with Crippen molar-refractivity contribution in [2.45, 2.75) is 26.4 Å². The third-order valence-corrected chi connectivity index (χ3v) is 4.20. The zero-order valence-corrected chi connectivity index (χ0v) is 13.1. The van der Waals surface area contributed by atoms with Gasteiger partial charge in [0.15, 0.2) is 0 Å². The van der Waals surface area contributed by atoms with Crippen molar-refractivity contribution >= 4 is 29.0 Å². The van der Waals surface area contributed by atoms with Crippen LogP contribution in [0.4, 0.5) is 4.79 Å². The Morgan fingerprint density at radius 2 is 2.35 bits per heavy atom. The molecule has 0 saturated heterocycles. The van der Waals surface area contributed by atoms with Crippen LogP contribution in [0.15, 0.2) is 22.7 Å². The number of urea groups is 1. The highest BCUT2D eigenvalue weighted by atomic mass is 35.5. The van der Waals surface area contributed by atoms with E-state index in [1.54, 1.807) is 11.9 Å². The summed E-state index contributed by atoms with van der Waals surface area (Å²) in [5.41, 5.74) is 0.729. The van der Waals surface area contributed by atoms with Gasteiger partial charge in [0.1, 0.15) is 11.5 Å². The van der Waals surface area contributed by atoms with E-state index in [0.29, 0.717) is 10.9 Å². The molecule has 5 nitrogen and oxygen atoms in total. The molecule has 108 valence electrons. The molecule has 1 N–H and O–H groups in total. The van der Waals surface area contributed by atoms with Gasteiger partial charge in [-0.3, -0.25) is 0 Å². The minimum atomic E-state index is -0.164. The first kappa shape index (κ1) is 14.9. The first-order chi connectivity index (χ1) is 9.45. The van der Waals surface area contributed by atoms with Crippen molar-refractivity contribution in [1.82, 2.24) is 15.4 Å². The highest BCUT2D eigenvalue weighted by Gasteiger charge is 2.16. The molecule has 0 fully saturated rings. The van der Waals surface area contributed by atoms with Crippen LogP contribution in [0.25, 0.3) is 0 Å². The summed E-state index contributed by atoms with van der Waals surface area (Å²) in [5.74, 6) is 0.732. The number of carbonyl (C=O) groups is 1. The van der Waals surface area contributed by atoms with Crippen LogP contribution in [0.2, 0.25) is 4.34 Å². The van der Waals surface area contributed by atoms with E-state index in [2.05, 4.69) is 10.5 Å². The van der Waals surface area contributed by atoms with Crippen molar-refractivity contribution in [3.8, 4) is 0 Å². The second kappa shape index (κ2) is 6.28. The molecule has 2 heterocycles. The lowest BCUT2D eigenvalue weighted by atomic mass is 10.3. The zero-order chi connectivity index (χ0) is 14.7. The molecule has 0 unspecified atom stereocenters. The van der Waals surface area contributed by atoms with E-state index in [1.165, 1.54) is 11.3 Å². The largest absolute Gasteiger partial charge is 0.361 e. The van der Waals surface area contributed by atoms with Crippen molar-refractivity contribution < 1.29 is 9.32 Å². The average molecular weight is 314 g/mol. The molecule has 0 saturated carbocycles. The van der Waals surface area contributed by atoms with E-state index in [4.69, 9.17) is 16.1 Å². The van der Waals surface area contributed by atoms with Crippen LogP contribution in [0, 0.1) is 6.92 Å². The predicted molar refractivity (Wildman–Crippen MR) is 79.0 cm³/mol. The number of nitrogens with zero attached hydrogens (tertiary/aromatic N) is 2. The van der Waals surface area contributed by atoms with Crippen LogP contribution in [0.3, 0.4) is 0 Å². The van der Waals surface area contributed by atoms with Gasteiger partial charge in [0.05, 0.1) is 16.9 Å². The Labute approximate surface area is 126 Å². The van der Waals surface area contributed by atoms with E-state index >= 15 is 0 Å². The Kier molecular flexibility index (Phi) is 4.67. The van der Waals surface area contributed by atoms with Crippen LogP contribution in [-0.2, 0) is 6.54 Å². The fourth-order valence-corrected chi connectivity index (χ4v) is 2.80. The second-order valence-electron chi connectivity index (χ2n) is 4.60. The minimum Gasteiger partial charge on any atom is -0.361 e. The zero-order valence-electron chi connectivity index (χ0n) is 11.5. The Bertz CT molecular complexity index is 596. The van der Waals surface area contributed by atoms with Gasteiger partial charge in [-0.05, 0) is 26.0 Å². The molecular weight excluding hydrogens is 298 g/mol. The van der Waals surface area contributed by atoms with Gasteiger partial charge in [-0.2, -0.15) is 0 Å².